The van der Waals surface area contributed by atoms with Crippen LogP contribution >= 0.6 is 24.0 Å². The number of rotatable bonds is 3. The van der Waals surface area contributed by atoms with Crippen molar-refractivity contribution in [3.63, 3.8) is 0 Å². The molecule has 2 fully saturated rings. The van der Waals surface area contributed by atoms with Crippen LogP contribution in [0.25, 0.3) is 0 Å². The second kappa shape index (κ2) is 6.80. The number of fused-ring (bicyclic) bond motifs is 1. The van der Waals surface area contributed by atoms with Crippen molar-refractivity contribution in [2.45, 2.75) is 39.3 Å². The lowest BCUT2D eigenvalue weighted by Crippen LogP contribution is -2.67. The van der Waals surface area contributed by atoms with E-state index in [-0.39, 0.29) is 29.4 Å². The van der Waals surface area contributed by atoms with E-state index >= 15 is 0 Å². The highest BCUT2D eigenvalue weighted by molar-refractivity contribution is 14.0. The fourth-order valence-electron chi connectivity index (χ4n) is 3.21. The molecule has 0 spiro atoms. The molecule has 5 heteroatoms. The molecule has 2 rings (SSSR count). The van der Waals surface area contributed by atoms with Crippen LogP contribution < -0.4 is 10.6 Å². The number of nitrogens with one attached hydrogen (secondary N) is 2. The predicted molar refractivity (Wildman–Crippen MR) is 88.8 cm³/mol. The van der Waals surface area contributed by atoms with Gasteiger partial charge >= 0.3 is 0 Å². The number of guanidine groups is 1. The van der Waals surface area contributed by atoms with Crippen LogP contribution in [-0.4, -0.2) is 37.8 Å². The Morgan fingerprint density at radius 2 is 2.26 bits per heavy atom. The first kappa shape index (κ1) is 16.6. The van der Waals surface area contributed by atoms with Crippen molar-refractivity contribution in [2.75, 3.05) is 19.7 Å². The number of hydrogen-bond donors (Lipinski definition) is 2. The standard InChI is InChI=1S/C14H23N3O.HI/c1-5-8-16-13(15-6-2)17-11-10-7-9-18-12(10)14(11,3)4;/h1,10-12H,6-9H2,2-4H3,(H2,15,16,17);1H. The summed E-state index contributed by atoms with van der Waals surface area (Å²) in [7, 11) is 0. The molecule has 0 radical (unpaired) electrons. The van der Waals surface area contributed by atoms with E-state index in [0.717, 1.165) is 25.5 Å². The highest BCUT2D eigenvalue weighted by Crippen LogP contribution is 2.51. The minimum atomic E-state index is 0. The van der Waals surface area contributed by atoms with Crippen molar-refractivity contribution >= 4 is 29.9 Å². The van der Waals surface area contributed by atoms with Gasteiger partial charge in [0.05, 0.1) is 6.10 Å². The summed E-state index contributed by atoms with van der Waals surface area (Å²) in [5.41, 5.74) is 0.160. The zero-order valence-corrected chi connectivity index (χ0v) is 14.2. The van der Waals surface area contributed by atoms with E-state index < -0.39 is 0 Å². The lowest BCUT2D eigenvalue weighted by molar-refractivity contribution is -0.106. The van der Waals surface area contributed by atoms with Gasteiger partial charge in [0.15, 0.2) is 5.96 Å². The Kier molecular flexibility index (Phi) is 5.93. The fraction of sp³-hybridized carbons (Fsp3) is 0.786. The molecule has 3 atom stereocenters. The van der Waals surface area contributed by atoms with Crippen LogP contribution in [0.1, 0.15) is 27.2 Å². The summed E-state index contributed by atoms with van der Waals surface area (Å²) in [5, 5.41) is 6.75. The number of ether oxygens (including phenoxy) is 1. The summed E-state index contributed by atoms with van der Waals surface area (Å²) in [6.07, 6.45) is 6.79. The Labute approximate surface area is 133 Å². The van der Waals surface area contributed by atoms with Crippen molar-refractivity contribution in [3.8, 4) is 12.3 Å². The zero-order valence-electron chi connectivity index (χ0n) is 11.9. The maximum Gasteiger partial charge on any atom is 0.192 e. The molecular formula is C14H24IN3O. The molecule has 0 aromatic carbocycles. The number of terminal acetylenes is 1. The molecule has 1 aliphatic carbocycles. The number of hydrogen-bond acceptors (Lipinski definition) is 2. The van der Waals surface area contributed by atoms with Crippen molar-refractivity contribution in [2.24, 2.45) is 16.3 Å². The van der Waals surface area contributed by atoms with Gasteiger partial charge in [0, 0.05) is 30.5 Å². The van der Waals surface area contributed by atoms with Crippen LogP contribution in [0, 0.1) is 23.7 Å². The average molecular weight is 377 g/mol. The van der Waals surface area contributed by atoms with Gasteiger partial charge in [0.1, 0.15) is 6.54 Å². The van der Waals surface area contributed by atoms with Gasteiger partial charge in [-0.3, -0.25) is 0 Å². The number of halogens is 1. The van der Waals surface area contributed by atoms with E-state index in [1.807, 2.05) is 0 Å². The summed E-state index contributed by atoms with van der Waals surface area (Å²) >= 11 is 0. The monoisotopic (exact) mass is 377 g/mol. The molecule has 1 saturated carbocycles. The molecule has 2 N–H and O–H groups in total. The molecule has 2 aliphatic rings. The highest BCUT2D eigenvalue weighted by atomic mass is 127. The number of aliphatic imine (C=N–C) groups is 1. The van der Waals surface area contributed by atoms with Gasteiger partial charge in [0.2, 0.25) is 0 Å². The second-order valence-corrected chi connectivity index (χ2v) is 5.59. The second-order valence-electron chi connectivity index (χ2n) is 5.59. The van der Waals surface area contributed by atoms with Gasteiger partial charge in [-0.2, -0.15) is 0 Å². The zero-order chi connectivity index (χ0) is 13.2. The van der Waals surface area contributed by atoms with E-state index in [1.165, 1.54) is 0 Å². The lowest BCUT2D eigenvalue weighted by Gasteiger charge is -2.54. The molecule has 0 amide bonds. The molecule has 0 aromatic rings. The fourth-order valence-corrected chi connectivity index (χ4v) is 3.21. The first-order valence-electron chi connectivity index (χ1n) is 6.71. The molecule has 4 nitrogen and oxygen atoms in total. The van der Waals surface area contributed by atoms with Crippen LogP contribution in [0.3, 0.4) is 0 Å². The molecule has 108 valence electrons. The molecule has 0 bridgehead atoms. The van der Waals surface area contributed by atoms with Crippen LogP contribution in [0.4, 0.5) is 0 Å². The molecule has 0 aromatic heterocycles. The first-order valence-corrected chi connectivity index (χ1v) is 6.71. The quantitative estimate of drug-likeness (QED) is 0.340. The van der Waals surface area contributed by atoms with Gasteiger partial charge in [-0.05, 0) is 13.3 Å². The lowest BCUT2D eigenvalue weighted by atomic mass is 9.57. The highest BCUT2D eigenvalue weighted by Gasteiger charge is 2.59. The van der Waals surface area contributed by atoms with Gasteiger partial charge in [-0.1, -0.05) is 19.8 Å². The number of nitrogens with zero attached hydrogens (tertiary/aromatic N) is 1. The summed E-state index contributed by atoms with van der Waals surface area (Å²) in [6, 6.07) is 0.417. The Balaban J connectivity index is 0.00000180. The third kappa shape index (κ3) is 3.16. The van der Waals surface area contributed by atoms with Gasteiger partial charge in [0.25, 0.3) is 0 Å². The Hall–Kier alpha value is -0.480. The molecule has 1 saturated heterocycles. The van der Waals surface area contributed by atoms with Crippen LogP contribution in [0.5, 0.6) is 0 Å². The van der Waals surface area contributed by atoms with Crippen molar-refractivity contribution in [1.29, 1.82) is 0 Å². The van der Waals surface area contributed by atoms with Crippen molar-refractivity contribution in [3.05, 3.63) is 0 Å². The Morgan fingerprint density at radius 1 is 1.53 bits per heavy atom. The normalized spacial score (nSPS) is 31.5. The third-order valence-electron chi connectivity index (χ3n) is 4.07. The van der Waals surface area contributed by atoms with Crippen LogP contribution in [0.15, 0.2) is 4.99 Å². The summed E-state index contributed by atoms with van der Waals surface area (Å²) in [5.74, 6) is 3.97. The van der Waals surface area contributed by atoms with E-state index in [1.54, 1.807) is 0 Å². The first-order chi connectivity index (χ1) is 8.61. The smallest absolute Gasteiger partial charge is 0.192 e. The predicted octanol–water partition coefficient (Wildman–Crippen LogP) is 1.61. The molecule has 19 heavy (non-hydrogen) atoms. The SMILES string of the molecule is C#CCN=C(NCC)NC1C2CCOC2C1(C)C.I. The maximum absolute atomic E-state index is 5.79. The molecule has 1 heterocycles. The summed E-state index contributed by atoms with van der Waals surface area (Å²) < 4.78 is 5.79. The summed E-state index contributed by atoms with van der Waals surface area (Å²) in [6.45, 7) is 8.69. The van der Waals surface area contributed by atoms with E-state index in [0.29, 0.717) is 24.6 Å². The van der Waals surface area contributed by atoms with E-state index in [9.17, 15) is 0 Å². The van der Waals surface area contributed by atoms with Crippen molar-refractivity contribution in [1.82, 2.24) is 10.6 Å². The van der Waals surface area contributed by atoms with Crippen LogP contribution in [-0.2, 0) is 4.74 Å². The maximum atomic E-state index is 5.79. The average Bonchev–Trinajstić information content (AvgIpc) is 2.79. The van der Waals surface area contributed by atoms with Gasteiger partial charge in [-0.15, -0.1) is 30.4 Å². The van der Waals surface area contributed by atoms with Gasteiger partial charge in [-0.25, -0.2) is 4.99 Å². The minimum absolute atomic E-state index is 0. The molecule has 1 aliphatic heterocycles. The topological polar surface area (TPSA) is 45.7 Å². The van der Waals surface area contributed by atoms with Crippen molar-refractivity contribution < 1.29 is 4.74 Å². The van der Waals surface area contributed by atoms with E-state index in [2.05, 4.69) is 42.3 Å². The largest absolute Gasteiger partial charge is 0.377 e. The van der Waals surface area contributed by atoms with E-state index in [4.69, 9.17) is 11.2 Å². The molecular weight excluding hydrogens is 353 g/mol. The van der Waals surface area contributed by atoms with Crippen LogP contribution in [0.2, 0.25) is 0 Å². The summed E-state index contributed by atoms with van der Waals surface area (Å²) in [4.78, 5) is 4.35. The third-order valence-corrected chi connectivity index (χ3v) is 4.07. The molecule has 3 unspecified atom stereocenters. The Bertz CT molecular complexity index is 375. The van der Waals surface area contributed by atoms with Gasteiger partial charge < -0.3 is 15.4 Å². The Morgan fingerprint density at radius 3 is 2.89 bits per heavy atom. The minimum Gasteiger partial charge on any atom is -0.377 e.